The highest BCUT2D eigenvalue weighted by molar-refractivity contribution is 5.44. The smallest absolute Gasteiger partial charge is 0.0312 e. The Kier molecular flexibility index (Phi) is 18.3. The maximum Gasteiger partial charge on any atom is -0.0312 e. The second-order valence-corrected chi connectivity index (χ2v) is 16.4. The molecule has 0 radical (unpaired) electrons. The van der Waals surface area contributed by atoms with Crippen LogP contribution in [0, 0.1) is 94.7 Å². The van der Waals surface area contributed by atoms with Crippen LogP contribution >= 0.6 is 0 Å². The zero-order valence-corrected chi connectivity index (χ0v) is 32.0. The molecule has 0 amide bonds. The molecule has 0 aliphatic heterocycles. The minimum Gasteiger partial charge on any atom is -0.0776 e. The largest absolute Gasteiger partial charge is 0.0776 e. The van der Waals surface area contributed by atoms with E-state index in [1.807, 2.05) is 69.2 Å². The molecule has 18 saturated carbocycles. The van der Waals surface area contributed by atoms with Gasteiger partial charge in [0.1, 0.15) is 0 Å². The van der Waals surface area contributed by atoms with Gasteiger partial charge in [-0.3, -0.25) is 0 Å². The van der Waals surface area contributed by atoms with Crippen LogP contribution in [0.5, 0.6) is 0 Å². The molecule has 0 aromatic heterocycles. The van der Waals surface area contributed by atoms with Crippen LogP contribution < -0.4 is 0 Å². The van der Waals surface area contributed by atoms with Crippen LogP contribution in [0.2, 0.25) is 0 Å². The van der Waals surface area contributed by atoms with Crippen LogP contribution in [-0.4, -0.2) is 0 Å². The fraction of sp³-hybridized carbons (Fsp3) is 1.00. The summed E-state index contributed by atoms with van der Waals surface area (Å²) in [6.07, 6.45) is 28.2. The molecule has 18 aliphatic rings. The second kappa shape index (κ2) is 20.0. The van der Waals surface area contributed by atoms with Gasteiger partial charge in [0, 0.05) is 0 Å². The number of fused-ring (bicyclic) bond motifs is 6. The molecule has 46 heavy (non-hydrogen) atoms. The van der Waals surface area contributed by atoms with Crippen molar-refractivity contribution < 1.29 is 0 Å². The lowest BCUT2D eigenvalue weighted by atomic mass is 9.01. The lowest BCUT2D eigenvalue weighted by Gasteiger charge is -3.03. The Bertz CT molecular complexity index is 598. The zero-order chi connectivity index (χ0) is 32.0. The summed E-state index contributed by atoms with van der Waals surface area (Å²) in [5.41, 5.74) is 0. The van der Waals surface area contributed by atoms with E-state index in [0.29, 0.717) is 0 Å². The third-order valence-electron chi connectivity index (χ3n) is 15.2. The van der Waals surface area contributed by atoms with Crippen molar-refractivity contribution in [2.75, 3.05) is 0 Å². The summed E-state index contributed by atoms with van der Waals surface area (Å²) < 4.78 is 0. The molecule has 274 valence electrons. The Morgan fingerprint density at radius 3 is 0.435 bits per heavy atom. The lowest BCUT2D eigenvalue weighted by Crippen LogP contribution is -3.00. The summed E-state index contributed by atoms with van der Waals surface area (Å²) in [6, 6.07) is 0. The summed E-state index contributed by atoms with van der Waals surface area (Å²) >= 11 is 0. The summed E-state index contributed by atoms with van der Waals surface area (Å²) in [5.74, 6) is 20.1. The van der Waals surface area contributed by atoms with E-state index in [1.54, 1.807) is 109 Å². The molecular weight excluding hydrogens is 553 g/mol. The Morgan fingerprint density at radius 2 is 0.370 bits per heavy atom. The Morgan fingerprint density at radius 1 is 0.217 bits per heavy atom. The van der Waals surface area contributed by atoms with E-state index < -0.39 is 0 Å². The third kappa shape index (κ3) is 7.82. The first-order valence-corrected chi connectivity index (χ1v) is 21.8. The van der Waals surface area contributed by atoms with E-state index >= 15 is 0 Å². The number of hydrogen-bond acceptors (Lipinski definition) is 0. The Hall–Kier alpha value is 0. The highest BCUT2D eigenvalue weighted by atomic mass is 15.0. The standard InChI is InChI=1S/C8H8.C8H14.C7H12.C6H10.C5H8.5C2H6.2CH4/c1-2-5-3(1)7-4(1)6(2)8(5)7;1-2-8-5-3-7(1)4-6-8;1-2-6-4-7(3-1)5-6;1-2-6-3-5(1)4-6;1-4-2-5(1)3-4;5*1-2;;/h1-8H;7-8H,1-6H2;6-7H,1-5H2;5-6H,1-4H2;4-5H,1-3H2;5*1-2H3;2*1H4. The van der Waals surface area contributed by atoms with E-state index in [9.17, 15) is 0 Å². The van der Waals surface area contributed by atoms with Gasteiger partial charge >= 0.3 is 0 Å². The average Bonchev–Trinajstić information content (AvgIpc) is 3.75. The van der Waals surface area contributed by atoms with Crippen LogP contribution in [0.25, 0.3) is 0 Å². The van der Waals surface area contributed by atoms with Crippen molar-refractivity contribution >= 4 is 0 Å². The van der Waals surface area contributed by atoms with Gasteiger partial charge in [-0.1, -0.05) is 155 Å². The molecule has 0 aromatic rings. The predicted molar refractivity (Wildman–Crippen MR) is 209 cm³/mol. The van der Waals surface area contributed by atoms with Crippen LogP contribution in [0.4, 0.5) is 0 Å². The van der Waals surface area contributed by atoms with Crippen molar-refractivity contribution in [1.82, 2.24) is 0 Å². The van der Waals surface area contributed by atoms with Crippen molar-refractivity contribution in [2.45, 2.75) is 200 Å². The summed E-state index contributed by atoms with van der Waals surface area (Å²) in [5, 5.41) is 0. The van der Waals surface area contributed by atoms with Crippen molar-refractivity contribution in [3.8, 4) is 0 Å². The van der Waals surface area contributed by atoms with Gasteiger partial charge in [0.2, 0.25) is 0 Å². The van der Waals surface area contributed by atoms with E-state index in [4.69, 9.17) is 0 Å². The molecule has 0 N–H and O–H groups in total. The van der Waals surface area contributed by atoms with Crippen molar-refractivity contribution in [1.29, 1.82) is 0 Å². The monoisotopic (exact) mass is 643 g/mol. The first-order valence-electron chi connectivity index (χ1n) is 21.8. The zero-order valence-electron chi connectivity index (χ0n) is 32.0. The molecule has 0 spiro atoms. The van der Waals surface area contributed by atoms with Gasteiger partial charge in [0.05, 0.1) is 0 Å². The molecule has 0 heterocycles. The Labute approximate surface area is 293 Å². The molecule has 0 saturated heterocycles. The van der Waals surface area contributed by atoms with Gasteiger partial charge in [-0.2, -0.15) is 0 Å². The van der Waals surface area contributed by atoms with Gasteiger partial charge in [0.25, 0.3) is 0 Å². The van der Waals surface area contributed by atoms with Gasteiger partial charge in [0.15, 0.2) is 0 Å². The average molecular weight is 643 g/mol. The molecule has 8 bridgehead atoms. The van der Waals surface area contributed by atoms with E-state index in [1.165, 1.54) is 89.3 Å². The molecule has 0 atom stereocenters. The molecule has 18 fully saturated rings. The van der Waals surface area contributed by atoms with Crippen molar-refractivity contribution in [2.24, 2.45) is 94.7 Å². The molecule has 0 unspecified atom stereocenters. The molecular formula is C46H90. The van der Waals surface area contributed by atoms with Crippen molar-refractivity contribution in [3.63, 3.8) is 0 Å². The minimum atomic E-state index is 0. The lowest BCUT2D eigenvalue weighted by molar-refractivity contribution is -0.565. The van der Waals surface area contributed by atoms with Gasteiger partial charge < -0.3 is 0 Å². The van der Waals surface area contributed by atoms with Crippen LogP contribution in [0.15, 0.2) is 0 Å². The third-order valence-corrected chi connectivity index (χ3v) is 15.2. The topological polar surface area (TPSA) is 0 Å². The van der Waals surface area contributed by atoms with Gasteiger partial charge in [-0.15, -0.1) is 0 Å². The summed E-state index contributed by atoms with van der Waals surface area (Å²) in [6.45, 7) is 20.0. The maximum atomic E-state index is 2.00. The molecule has 0 heteroatoms. The van der Waals surface area contributed by atoms with Crippen LogP contribution in [0.1, 0.15) is 200 Å². The van der Waals surface area contributed by atoms with Gasteiger partial charge in [-0.25, -0.2) is 0 Å². The first-order chi connectivity index (χ1) is 21.8. The van der Waals surface area contributed by atoms with Crippen molar-refractivity contribution in [3.05, 3.63) is 0 Å². The van der Waals surface area contributed by atoms with Crippen LogP contribution in [0.3, 0.4) is 0 Å². The molecule has 18 aliphatic carbocycles. The first kappa shape index (κ1) is 42.2. The molecule has 0 aromatic carbocycles. The van der Waals surface area contributed by atoms with E-state index in [0.717, 1.165) is 11.8 Å². The fourth-order valence-corrected chi connectivity index (χ4v) is 12.6. The van der Waals surface area contributed by atoms with E-state index in [2.05, 4.69) is 0 Å². The highest BCUT2D eigenvalue weighted by Crippen LogP contribution is 3.00. The normalized spacial score (nSPS) is 47.6. The predicted octanol–water partition coefficient (Wildman–Crippen LogP) is 15.4. The summed E-state index contributed by atoms with van der Waals surface area (Å²) in [4.78, 5) is 0. The minimum absolute atomic E-state index is 0. The summed E-state index contributed by atoms with van der Waals surface area (Å²) in [7, 11) is 0. The van der Waals surface area contributed by atoms with Gasteiger partial charge in [-0.05, 0) is 140 Å². The molecule has 0 nitrogen and oxygen atoms in total. The second-order valence-electron chi connectivity index (χ2n) is 16.4. The van der Waals surface area contributed by atoms with E-state index in [-0.39, 0.29) is 14.9 Å². The number of hydrogen-bond donors (Lipinski definition) is 0. The number of rotatable bonds is 0. The highest BCUT2D eigenvalue weighted by Gasteiger charge is 2.97. The Balaban J connectivity index is 0.000000187. The van der Waals surface area contributed by atoms with Crippen LogP contribution in [-0.2, 0) is 0 Å². The quantitative estimate of drug-likeness (QED) is 0.247. The molecule has 18 rings (SSSR count). The fourth-order valence-electron chi connectivity index (χ4n) is 12.6. The SMILES string of the molecule is C.C.C12C3C4C1C1C2C3C41.C1C2CC1C2.C1CC2CC(C1)C2.C1CC2CC1C2.C1CC2CCC1CC2.CC.CC.CC.CC.CC. The maximum absolute atomic E-state index is 2.00.